The number of carbonyl (C=O) groups excluding carboxylic acids is 1. The lowest BCUT2D eigenvalue weighted by Crippen LogP contribution is -2.01. The van der Waals surface area contributed by atoms with Gasteiger partial charge in [-0.2, -0.15) is 0 Å². The van der Waals surface area contributed by atoms with Gasteiger partial charge in [0.15, 0.2) is 0 Å². The molecule has 0 unspecified atom stereocenters. The molecule has 89 valence electrons. The van der Waals surface area contributed by atoms with Gasteiger partial charge < -0.3 is 0 Å². The first-order chi connectivity index (χ1) is 8.72. The van der Waals surface area contributed by atoms with Crippen LogP contribution < -0.4 is 0 Å². The van der Waals surface area contributed by atoms with Crippen molar-refractivity contribution in [3.63, 3.8) is 0 Å². The van der Waals surface area contributed by atoms with Gasteiger partial charge in [-0.25, -0.2) is 0 Å². The predicted molar refractivity (Wildman–Crippen MR) is 67.1 cm³/mol. The van der Waals surface area contributed by atoms with Gasteiger partial charge in [-0.3, -0.25) is 14.9 Å². The van der Waals surface area contributed by atoms with Gasteiger partial charge in [0.05, 0.1) is 4.92 Å². The average molecular weight is 240 g/mol. The topological polar surface area (TPSA) is 60.2 Å². The zero-order chi connectivity index (χ0) is 13.0. The number of rotatable bonds is 4. The lowest BCUT2D eigenvalue weighted by molar-refractivity contribution is -0.385. The third-order valence-corrected chi connectivity index (χ3v) is 2.68. The van der Waals surface area contributed by atoms with E-state index in [4.69, 9.17) is 0 Å². The molecule has 0 saturated heterocycles. The van der Waals surface area contributed by atoms with E-state index < -0.39 is 4.92 Å². The largest absolute Gasteiger partial charge is 0.285 e. The van der Waals surface area contributed by atoms with Crippen LogP contribution in [-0.4, -0.2) is 11.2 Å². The summed E-state index contributed by atoms with van der Waals surface area (Å²) in [6, 6.07) is 13.7. The van der Waals surface area contributed by atoms with Crippen LogP contribution in [0, 0.1) is 10.1 Å². The third kappa shape index (κ3) is 2.43. The number of nitro benzene ring substituents is 1. The van der Waals surface area contributed by atoms with Gasteiger partial charge in [-0.1, -0.05) is 42.5 Å². The van der Waals surface area contributed by atoms with Crippen LogP contribution in [0.1, 0.15) is 16.7 Å². The van der Waals surface area contributed by atoms with Crippen molar-refractivity contribution in [1.82, 2.24) is 0 Å². The molecule has 4 heteroatoms. The molecule has 0 aliphatic heterocycles. The van der Waals surface area contributed by atoms with Crippen molar-refractivity contribution in [3.05, 3.63) is 75.3 Å². The fourth-order valence-corrected chi connectivity index (χ4v) is 1.83. The second-order valence-corrected chi connectivity index (χ2v) is 3.82. The Morgan fingerprint density at radius 2 is 1.78 bits per heavy atom. The Bertz CT molecular complexity index is 579. The van der Waals surface area contributed by atoms with E-state index in [2.05, 4.69) is 0 Å². The number of hydrogen-bond donors (Lipinski definition) is 0. The molecule has 0 fully saturated rings. The Morgan fingerprint density at radius 3 is 2.39 bits per heavy atom. The Labute approximate surface area is 104 Å². The SMILES string of the molecule is O=[C]c1cccc([N+](=O)[O-])c1Cc1ccccc1. The molecule has 0 aromatic heterocycles. The highest BCUT2D eigenvalue weighted by atomic mass is 16.6. The van der Waals surface area contributed by atoms with Crippen LogP contribution in [0.2, 0.25) is 0 Å². The quantitative estimate of drug-likeness (QED) is 0.609. The molecule has 0 N–H and O–H groups in total. The standard InChI is InChI=1S/C14H10NO3/c16-10-12-7-4-8-14(15(17)18)13(12)9-11-5-2-1-3-6-11/h1-8H,9H2. The molecule has 0 heterocycles. The van der Waals surface area contributed by atoms with Crippen LogP contribution in [-0.2, 0) is 11.2 Å². The van der Waals surface area contributed by atoms with E-state index in [1.165, 1.54) is 18.2 Å². The molecule has 0 amide bonds. The first-order valence-electron chi connectivity index (χ1n) is 5.40. The van der Waals surface area contributed by atoms with E-state index in [-0.39, 0.29) is 11.3 Å². The maximum absolute atomic E-state index is 11.0. The van der Waals surface area contributed by atoms with Crippen LogP contribution in [0.5, 0.6) is 0 Å². The van der Waals surface area contributed by atoms with E-state index >= 15 is 0 Å². The molecule has 0 saturated carbocycles. The van der Waals surface area contributed by atoms with Crippen LogP contribution in [0.3, 0.4) is 0 Å². The minimum atomic E-state index is -0.473. The van der Waals surface area contributed by atoms with Gasteiger partial charge in [0.1, 0.15) is 0 Å². The second-order valence-electron chi connectivity index (χ2n) is 3.82. The molecule has 2 aromatic rings. The van der Waals surface area contributed by atoms with Gasteiger partial charge in [0.25, 0.3) is 5.69 Å². The zero-order valence-corrected chi connectivity index (χ0v) is 9.50. The molecule has 2 rings (SSSR count). The second kappa shape index (κ2) is 5.23. The molecule has 4 nitrogen and oxygen atoms in total. The van der Waals surface area contributed by atoms with E-state index in [9.17, 15) is 14.9 Å². The fraction of sp³-hybridized carbons (Fsp3) is 0.0714. The monoisotopic (exact) mass is 240 g/mol. The highest BCUT2D eigenvalue weighted by Crippen LogP contribution is 2.24. The molecular weight excluding hydrogens is 230 g/mol. The van der Waals surface area contributed by atoms with Crippen LogP contribution in [0.25, 0.3) is 0 Å². The van der Waals surface area contributed by atoms with Gasteiger partial charge >= 0.3 is 0 Å². The smallest absolute Gasteiger partial charge is 0.273 e. The Morgan fingerprint density at radius 1 is 1.06 bits per heavy atom. The highest BCUT2D eigenvalue weighted by molar-refractivity contribution is 5.80. The lowest BCUT2D eigenvalue weighted by Gasteiger charge is -2.05. The van der Waals surface area contributed by atoms with Gasteiger partial charge in [0.2, 0.25) is 6.29 Å². The molecule has 0 aliphatic rings. The van der Waals surface area contributed by atoms with Crippen molar-refractivity contribution in [2.75, 3.05) is 0 Å². The van der Waals surface area contributed by atoms with E-state index in [1.807, 2.05) is 30.3 Å². The Hall–Kier alpha value is -2.49. The summed E-state index contributed by atoms with van der Waals surface area (Å²) in [5.41, 5.74) is 1.53. The van der Waals surface area contributed by atoms with E-state index in [1.54, 1.807) is 6.29 Å². The van der Waals surface area contributed by atoms with Crippen molar-refractivity contribution >= 4 is 12.0 Å². The first kappa shape index (κ1) is 12.0. The summed E-state index contributed by atoms with van der Waals surface area (Å²) in [6.07, 6.45) is 2.11. The molecule has 1 radical (unpaired) electrons. The van der Waals surface area contributed by atoms with Gasteiger partial charge in [0, 0.05) is 23.6 Å². The summed E-state index contributed by atoms with van der Waals surface area (Å²) >= 11 is 0. The molecular formula is C14H10NO3. The number of hydrogen-bond acceptors (Lipinski definition) is 3. The van der Waals surface area contributed by atoms with E-state index in [0.29, 0.717) is 12.0 Å². The van der Waals surface area contributed by atoms with Crippen molar-refractivity contribution < 1.29 is 9.72 Å². The highest BCUT2D eigenvalue weighted by Gasteiger charge is 2.17. The Balaban J connectivity index is 2.48. The molecule has 0 bridgehead atoms. The minimum absolute atomic E-state index is 0.0419. The lowest BCUT2D eigenvalue weighted by atomic mass is 9.98. The van der Waals surface area contributed by atoms with Gasteiger partial charge in [-0.15, -0.1) is 0 Å². The number of nitro groups is 1. The predicted octanol–water partition coefficient (Wildman–Crippen LogP) is 2.64. The van der Waals surface area contributed by atoms with Crippen molar-refractivity contribution in [2.45, 2.75) is 6.42 Å². The molecule has 0 atom stereocenters. The summed E-state index contributed by atoms with van der Waals surface area (Å²) in [7, 11) is 0. The summed E-state index contributed by atoms with van der Waals surface area (Å²) in [4.78, 5) is 21.3. The van der Waals surface area contributed by atoms with Crippen LogP contribution in [0.4, 0.5) is 5.69 Å². The van der Waals surface area contributed by atoms with Crippen molar-refractivity contribution in [3.8, 4) is 0 Å². The first-order valence-corrected chi connectivity index (χ1v) is 5.40. The van der Waals surface area contributed by atoms with Crippen LogP contribution >= 0.6 is 0 Å². The van der Waals surface area contributed by atoms with Crippen LogP contribution in [0.15, 0.2) is 48.5 Å². The number of nitrogens with zero attached hydrogens (tertiary/aromatic N) is 1. The normalized spacial score (nSPS) is 10.0. The maximum atomic E-state index is 11.0. The molecule has 18 heavy (non-hydrogen) atoms. The van der Waals surface area contributed by atoms with Gasteiger partial charge in [-0.05, 0) is 5.56 Å². The van der Waals surface area contributed by atoms with E-state index in [0.717, 1.165) is 5.56 Å². The van der Waals surface area contributed by atoms with Crippen molar-refractivity contribution in [1.29, 1.82) is 0 Å². The molecule has 2 aromatic carbocycles. The summed E-state index contributed by atoms with van der Waals surface area (Å²) in [5.74, 6) is 0. The maximum Gasteiger partial charge on any atom is 0.273 e. The average Bonchev–Trinajstić information content (AvgIpc) is 2.40. The fourth-order valence-electron chi connectivity index (χ4n) is 1.83. The third-order valence-electron chi connectivity index (χ3n) is 2.68. The molecule has 0 aliphatic carbocycles. The molecule has 0 spiro atoms. The summed E-state index contributed by atoms with van der Waals surface area (Å²) < 4.78 is 0. The van der Waals surface area contributed by atoms with Crippen molar-refractivity contribution in [2.24, 2.45) is 0 Å². The minimum Gasteiger partial charge on any atom is -0.285 e. The summed E-state index contributed by atoms with van der Waals surface area (Å²) in [5, 5.41) is 11.0. The summed E-state index contributed by atoms with van der Waals surface area (Å²) in [6.45, 7) is 0. The Kier molecular flexibility index (Phi) is 3.48. The zero-order valence-electron chi connectivity index (χ0n) is 9.50. The number of benzene rings is 2.